The van der Waals surface area contributed by atoms with Crippen molar-refractivity contribution in [2.45, 2.75) is 26.4 Å². The predicted molar refractivity (Wildman–Crippen MR) is 38.9 cm³/mol. The standard InChI is InChI=1S/C7H12FNO2/c1-3-4-9-7(11)6(8)5(2)10/h6H,3-4H2,1-2H3,(H,9,11)/t6-/m0/s1. The molecule has 1 N–H and O–H groups in total. The van der Waals surface area contributed by atoms with Crippen LogP contribution in [-0.2, 0) is 9.59 Å². The monoisotopic (exact) mass is 161 g/mol. The summed E-state index contributed by atoms with van der Waals surface area (Å²) in [4.78, 5) is 20.9. The van der Waals surface area contributed by atoms with Crippen molar-refractivity contribution in [3.05, 3.63) is 0 Å². The zero-order valence-electron chi connectivity index (χ0n) is 6.69. The van der Waals surface area contributed by atoms with E-state index in [-0.39, 0.29) is 0 Å². The molecular weight excluding hydrogens is 149 g/mol. The fourth-order valence-electron chi connectivity index (χ4n) is 0.522. The second-order valence-electron chi connectivity index (χ2n) is 2.26. The summed E-state index contributed by atoms with van der Waals surface area (Å²) in [5.41, 5.74) is 0. The molecule has 0 aromatic carbocycles. The van der Waals surface area contributed by atoms with E-state index in [1.165, 1.54) is 0 Å². The number of hydrogen-bond acceptors (Lipinski definition) is 2. The van der Waals surface area contributed by atoms with Gasteiger partial charge in [0.05, 0.1) is 0 Å². The summed E-state index contributed by atoms with van der Waals surface area (Å²) >= 11 is 0. The first-order valence-corrected chi connectivity index (χ1v) is 3.51. The third-order valence-electron chi connectivity index (χ3n) is 1.14. The highest BCUT2D eigenvalue weighted by atomic mass is 19.1. The Morgan fingerprint density at radius 1 is 1.55 bits per heavy atom. The minimum Gasteiger partial charge on any atom is -0.353 e. The van der Waals surface area contributed by atoms with E-state index in [4.69, 9.17) is 0 Å². The second-order valence-corrected chi connectivity index (χ2v) is 2.26. The summed E-state index contributed by atoms with van der Waals surface area (Å²) in [6.07, 6.45) is -1.27. The number of alkyl halides is 1. The van der Waals surface area contributed by atoms with Crippen molar-refractivity contribution in [3.8, 4) is 0 Å². The van der Waals surface area contributed by atoms with Crippen LogP contribution in [0.3, 0.4) is 0 Å². The molecule has 0 aliphatic carbocycles. The largest absolute Gasteiger partial charge is 0.353 e. The Labute approximate surface area is 65.0 Å². The van der Waals surface area contributed by atoms with Crippen molar-refractivity contribution >= 4 is 11.7 Å². The van der Waals surface area contributed by atoms with E-state index >= 15 is 0 Å². The van der Waals surface area contributed by atoms with Gasteiger partial charge in [-0.05, 0) is 13.3 Å². The molecule has 0 rings (SSSR count). The molecule has 0 saturated heterocycles. The zero-order valence-corrected chi connectivity index (χ0v) is 6.69. The molecule has 0 unspecified atom stereocenters. The molecule has 64 valence electrons. The molecule has 1 atom stereocenters. The number of nitrogens with one attached hydrogen (secondary N) is 1. The Balaban J connectivity index is 3.74. The molecule has 0 fully saturated rings. The Bertz CT molecular complexity index is 159. The smallest absolute Gasteiger partial charge is 0.262 e. The number of amides is 1. The van der Waals surface area contributed by atoms with Gasteiger partial charge in [0.25, 0.3) is 5.91 Å². The van der Waals surface area contributed by atoms with E-state index in [1.807, 2.05) is 6.92 Å². The Kier molecular flexibility index (Phi) is 4.41. The van der Waals surface area contributed by atoms with Gasteiger partial charge in [-0.25, -0.2) is 4.39 Å². The van der Waals surface area contributed by atoms with Gasteiger partial charge < -0.3 is 5.32 Å². The number of carbonyl (C=O) groups is 2. The normalized spacial score (nSPS) is 12.3. The topological polar surface area (TPSA) is 46.2 Å². The van der Waals surface area contributed by atoms with Crippen molar-refractivity contribution in [2.75, 3.05) is 6.54 Å². The van der Waals surface area contributed by atoms with E-state index < -0.39 is 17.9 Å². The van der Waals surface area contributed by atoms with Crippen molar-refractivity contribution < 1.29 is 14.0 Å². The van der Waals surface area contributed by atoms with Gasteiger partial charge in [0.2, 0.25) is 6.17 Å². The number of hydrogen-bond donors (Lipinski definition) is 1. The van der Waals surface area contributed by atoms with Crippen LogP contribution in [0.1, 0.15) is 20.3 Å². The maximum Gasteiger partial charge on any atom is 0.262 e. The van der Waals surface area contributed by atoms with Crippen molar-refractivity contribution in [3.63, 3.8) is 0 Å². The van der Waals surface area contributed by atoms with Gasteiger partial charge in [-0.3, -0.25) is 9.59 Å². The number of carbonyl (C=O) groups excluding carboxylic acids is 2. The van der Waals surface area contributed by atoms with Crippen LogP contribution in [0, 0.1) is 0 Å². The van der Waals surface area contributed by atoms with Crippen molar-refractivity contribution in [2.24, 2.45) is 0 Å². The Hall–Kier alpha value is -0.930. The van der Waals surface area contributed by atoms with E-state index in [1.54, 1.807) is 0 Å². The Morgan fingerprint density at radius 3 is 2.45 bits per heavy atom. The maximum atomic E-state index is 12.5. The molecule has 0 aliphatic rings. The highest BCUT2D eigenvalue weighted by Gasteiger charge is 2.20. The lowest BCUT2D eigenvalue weighted by atomic mass is 10.2. The van der Waals surface area contributed by atoms with Crippen LogP contribution in [-0.4, -0.2) is 24.4 Å². The maximum absolute atomic E-state index is 12.5. The van der Waals surface area contributed by atoms with Crippen LogP contribution >= 0.6 is 0 Å². The van der Waals surface area contributed by atoms with Crippen molar-refractivity contribution in [1.29, 1.82) is 0 Å². The summed E-state index contributed by atoms with van der Waals surface area (Å²) in [6, 6.07) is 0. The van der Waals surface area contributed by atoms with E-state index in [0.717, 1.165) is 13.3 Å². The number of halogens is 1. The average Bonchev–Trinajstić information content (AvgIpc) is 1.98. The van der Waals surface area contributed by atoms with Crippen LogP contribution in [0.4, 0.5) is 4.39 Å². The molecule has 3 nitrogen and oxygen atoms in total. The van der Waals surface area contributed by atoms with Crippen LogP contribution in [0.15, 0.2) is 0 Å². The Morgan fingerprint density at radius 2 is 2.09 bits per heavy atom. The van der Waals surface area contributed by atoms with Crippen LogP contribution in [0.5, 0.6) is 0 Å². The SMILES string of the molecule is CCCNC(=O)[C@@H](F)C(C)=O. The summed E-state index contributed by atoms with van der Waals surface area (Å²) in [5.74, 6) is -1.59. The third-order valence-corrected chi connectivity index (χ3v) is 1.14. The molecule has 0 aromatic heterocycles. The fraction of sp³-hybridized carbons (Fsp3) is 0.714. The van der Waals surface area contributed by atoms with Crippen LogP contribution in [0.2, 0.25) is 0 Å². The van der Waals surface area contributed by atoms with E-state index in [2.05, 4.69) is 5.32 Å². The zero-order chi connectivity index (χ0) is 8.85. The molecular formula is C7H12FNO2. The number of ketones is 1. The summed E-state index contributed by atoms with van der Waals surface area (Å²) in [7, 11) is 0. The highest BCUT2D eigenvalue weighted by Crippen LogP contribution is 1.91. The van der Waals surface area contributed by atoms with E-state index in [9.17, 15) is 14.0 Å². The quantitative estimate of drug-likeness (QED) is 0.608. The first-order valence-electron chi connectivity index (χ1n) is 3.51. The lowest BCUT2D eigenvalue weighted by molar-refractivity contribution is -0.134. The van der Waals surface area contributed by atoms with Gasteiger partial charge in [-0.15, -0.1) is 0 Å². The van der Waals surface area contributed by atoms with Crippen LogP contribution in [0.25, 0.3) is 0 Å². The molecule has 0 radical (unpaired) electrons. The third kappa shape index (κ3) is 3.70. The van der Waals surface area contributed by atoms with Crippen LogP contribution < -0.4 is 5.32 Å². The first kappa shape index (κ1) is 10.1. The van der Waals surface area contributed by atoms with Gasteiger partial charge in [0, 0.05) is 6.54 Å². The molecule has 0 bridgehead atoms. The lowest BCUT2D eigenvalue weighted by Gasteiger charge is -2.04. The average molecular weight is 161 g/mol. The van der Waals surface area contributed by atoms with Gasteiger partial charge >= 0.3 is 0 Å². The van der Waals surface area contributed by atoms with Gasteiger partial charge in [0.15, 0.2) is 5.78 Å². The summed E-state index contributed by atoms with van der Waals surface area (Å²) in [6.45, 7) is 3.31. The number of Topliss-reactive ketones (excluding diaryl/α,β-unsaturated/α-hetero) is 1. The molecule has 0 heterocycles. The molecule has 0 spiro atoms. The molecule has 11 heavy (non-hydrogen) atoms. The minimum atomic E-state index is -2.00. The fourth-order valence-corrected chi connectivity index (χ4v) is 0.522. The summed E-state index contributed by atoms with van der Waals surface area (Å²) < 4.78 is 12.5. The first-order chi connectivity index (χ1) is 5.09. The number of rotatable bonds is 4. The second kappa shape index (κ2) is 4.82. The highest BCUT2D eigenvalue weighted by molar-refractivity contribution is 6.02. The molecule has 0 aliphatic heterocycles. The van der Waals surface area contributed by atoms with Gasteiger partial charge in [-0.2, -0.15) is 0 Å². The summed E-state index contributed by atoms with van der Waals surface area (Å²) in [5, 5.41) is 2.28. The minimum absolute atomic E-state index is 0.409. The molecule has 0 aromatic rings. The van der Waals surface area contributed by atoms with E-state index in [0.29, 0.717) is 6.54 Å². The lowest BCUT2D eigenvalue weighted by Crippen LogP contribution is -2.36. The molecule has 0 saturated carbocycles. The predicted octanol–water partition coefficient (Wildman–Crippen LogP) is 0.440. The van der Waals surface area contributed by atoms with Gasteiger partial charge in [0.1, 0.15) is 0 Å². The molecule has 4 heteroatoms. The molecule has 1 amide bonds. The van der Waals surface area contributed by atoms with Crippen molar-refractivity contribution in [1.82, 2.24) is 5.32 Å². The van der Waals surface area contributed by atoms with Gasteiger partial charge in [-0.1, -0.05) is 6.92 Å².